The molecule has 4 heterocycles. The van der Waals surface area contributed by atoms with Crippen LogP contribution in [0.3, 0.4) is 0 Å². The third-order valence-electron chi connectivity index (χ3n) is 7.56. The van der Waals surface area contributed by atoms with Crippen LogP contribution < -0.4 is 0 Å². The van der Waals surface area contributed by atoms with Gasteiger partial charge in [0.1, 0.15) is 0 Å². The molecule has 1 atom stereocenters. The van der Waals surface area contributed by atoms with Gasteiger partial charge in [-0.15, -0.1) is 0 Å². The molecule has 0 spiro atoms. The van der Waals surface area contributed by atoms with Crippen molar-refractivity contribution in [1.82, 2.24) is 19.8 Å². The van der Waals surface area contributed by atoms with E-state index in [9.17, 15) is 9.90 Å². The van der Waals surface area contributed by atoms with Crippen molar-refractivity contribution < 1.29 is 9.90 Å². The molecule has 2 aliphatic rings. The number of hydrogen-bond donors (Lipinski definition) is 2. The number of piperidine rings is 1. The van der Waals surface area contributed by atoms with Crippen LogP contribution in [0, 0.1) is 6.92 Å². The number of likely N-dealkylation sites (tertiary alicyclic amines) is 2. The second-order valence-corrected chi connectivity index (χ2v) is 10.4. The Hall–Kier alpha value is -2.70. The fourth-order valence-electron chi connectivity index (χ4n) is 5.70. The molecular formula is C28H36N4O2. The summed E-state index contributed by atoms with van der Waals surface area (Å²) in [6.07, 6.45) is 4.38. The van der Waals surface area contributed by atoms with Crippen molar-refractivity contribution >= 4 is 16.8 Å². The first-order chi connectivity index (χ1) is 16.4. The lowest BCUT2D eigenvalue weighted by Gasteiger charge is -2.32. The molecule has 6 nitrogen and oxygen atoms in total. The number of carbonyl (C=O) groups excluding carboxylic acids is 1. The van der Waals surface area contributed by atoms with E-state index in [2.05, 4.69) is 59.0 Å². The summed E-state index contributed by atoms with van der Waals surface area (Å²) >= 11 is 0. The molecule has 180 valence electrons. The van der Waals surface area contributed by atoms with Gasteiger partial charge in [-0.25, -0.2) is 0 Å². The lowest BCUT2D eigenvalue weighted by Crippen LogP contribution is -2.42. The van der Waals surface area contributed by atoms with Gasteiger partial charge in [0.25, 0.3) is 0 Å². The lowest BCUT2D eigenvalue weighted by molar-refractivity contribution is -0.132. The number of carbonyl (C=O) groups is 1. The molecule has 0 bridgehead atoms. The molecule has 0 unspecified atom stereocenters. The molecule has 2 N–H and O–H groups in total. The average molecular weight is 461 g/mol. The predicted molar refractivity (Wildman–Crippen MR) is 136 cm³/mol. The first kappa shape index (κ1) is 23.1. The number of aryl methyl sites for hydroxylation is 1. The number of amides is 1. The smallest absolute Gasteiger partial charge is 0.236 e. The Labute approximate surface area is 202 Å². The van der Waals surface area contributed by atoms with Crippen molar-refractivity contribution in [2.75, 3.05) is 32.7 Å². The number of H-pyrrole nitrogens is 1. The van der Waals surface area contributed by atoms with Crippen LogP contribution in [0.4, 0.5) is 0 Å². The van der Waals surface area contributed by atoms with Crippen molar-refractivity contribution in [2.24, 2.45) is 0 Å². The molecule has 1 aromatic carbocycles. The van der Waals surface area contributed by atoms with E-state index in [0.717, 1.165) is 31.6 Å². The zero-order valence-electron chi connectivity index (χ0n) is 20.6. The molecule has 0 saturated carbocycles. The van der Waals surface area contributed by atoms with Gasteiger partial charge in [-0.3, -0.25) is 14.7 Å². The molecule has 5 rings (SSSR count). The number of benzene rings is 1. The number of aromatic amines is 1. The number of hydrogen-bond acceptors (Lipinski definition) is 4. The summed E-state index contributed by atoms with van der Waals surface area (Å²) in [6.45, 7) is 10.1. The zero-order valence-corrected chi connectivity index (χ0v) is 20.6. The summed E-state index contributed by atoms with van der Waals surface area (Å²) in [7, 11) is 0. The van der Waals surface area contributed by atoms with E-state index in [0.29, 0.717) is 37.9 Å². The van der Waals surface area contributed by atoms with Gasteiger partial charge < -0.3 is 15.0 Å². The van der Waals surface area contributed by atoms with Crippen LogP contribution in [0.1, 0.15) is 61.8 Å². The van der Waals surface area contributed by atoms with Gasteiger partial charge in [-0.1, -0.05) is 19.9 Å². The Balaban J connectivity index is 1.32. The third-order valence-corrected chi connectivity index (χ3v) is 7.56. The van der Waals surface area contributed by atoms with Crippen LogP contribution in [0.2, 0.25) is 0 Å². The van der Waals surface area contributed by atoms with Crippen LogP contribution in [0.15, 0.2) is 36.5 Å². The number of β-amino-alcohol motifs (C(OH)–C–C–N with tert-alkyl or cyclic N) is 1. The standard InChI is InChI=1S/C28H36N4O2/c1-18(2)27-24-15-21(4-5-25(24)30-28(27)22-6-10-29-19(3)14-22)20-7-11-31(12-8-20)17-26(34)32-13-9-23(33)16-32/h4-6,10,14-15,18,20,23,30,33H,7-9,11-13,16-17H2,1-3H3/t23-/m1/s1. The number of nitrogens with one attached hydrogen (secondary N) is 1. The Morgan fingerprint density at radius 2 is 1.94 bits per heavy atom. The van der Waals surface area contributed by atoms with Crippen molar-refractivity contribution in [3.8, 4) is 11.3 Å². The second-order valence-electron chi connectivity index (χ2n) is 10.4. The van der Waals surface area contributed by atoms with Crippen LogP contribution in [-0.2, 0) is 4.79 Å². The van der Waals surface area contributed by atoms with E-state index >= 15 is 0 Å². The molecule has 0 radical (unpaired) electrons. The van der Waals surface area contributed by atoms with Gasteiger partial charge in [0, 0.05) is 41.4 Å². The minimum atomic E-state index is -0.350. The first-order valence-corrected chi connectivity index (χ1v) is 12.7. The van der Waals surface area contributed by atoms with Crippen LogP contribution in [-0.4, -0.2) is 69.6 Å². The van der Waals surface area contributed by atoms with Crippen LogP contribution >= 0.6 is 0 Å². The van der Waals surface area contributed by atoms with E-state index < -0.39 is 0 Å². The SMILES string of the molecule is Cc1cc(-c2[nH]c3ccc(C4CCN(CC(=O)N5CC[C@@H](O)C5)CC4)cc3c2C(C)C)ccn1. The van der Waals surface area contributed by atoms with Gasteiger partial charge in [0.2, 0.25) is 5.91 Å². The minimum absolute atomic E-state index is 0.157. The molecule has 0 aliphatic carbocycles. The number of fused-ring (bicyclic) bond motifs is 1. The highest BCUT2D eigenvalue weighted by molar-refractivity contribution is 5.92. The van der Waals surface area contributed by atoms with Crippen molar-refractivity contribution in [2.45, 2.75) is 58.0 Å². The molecular weight excluding hydrogens is 424 g/mol. The first-order valence-electron chi connectivity index (χ1n) is 12.7. The Morgan fingerprint density at radius 3 is 2.62 bits per heavy atom. The Kier molecular flexibility index (Phi) is 6.45. The van der Waals surface area contributed by atoms with E-state index in [-0.39, 0.29) is 12.0 Å². The maximum atomic E-state index is 12.6. The Bertz CT molecular complexity index is 1180. The van der Waals surface area contributed by atoms with Gasteiger partial charge in [-0.2, -0.15) is 0 Å². The van der Waals surface area contributed by atoms with Gasteiger partial charge >= 0.3 is 0 Å². The number of nitrogens with zero attached hydrogens (tertiary/aromatic N) is 3. The van der Waals surface area contributed by atoms with E-state index in [4.69, 9.17) is 0 Å². The van der Waals surface area contributed by atoms with E-state index in [1.54, 1.807) is 0 Å². The van der Waals surface area contributed by atoms with E-state index in [1.807, 2.05) is 18.0 Å². The average Bonchev–Trinajstić information content (AvgIpc) is 3.43. The third kappa shape index (κ3) is 4.62. The predicted octanol–water partition coefficient (Wildman–Crippen LogP) is 4.43. The number of aromatic nitrogens is 2. The zero-order chi connectivity index (χ0) is 23.8. The molecule has 1 amide bonds. The number of aliphatic hydroxyl groups is 1. The maximum absolute atomic E-state index is 12.6. The molecule has 2 aromatic heterocycles. The van der Waals surface area contributed by atoms with Gasteiger partial charge in [0.05, 0.1) is 18.3 Å². The summed E-state index contributed by atoms with van der Waals surface area (Å²) in [5.41, 5.74) is 7.38. The van der Waals surface area contributed by atoms with Gasteiger partial charge in [-0.05, 0) is 86.5 Å². The minimum Gasteiger partial charge on any atom is -0.391 e. The Morgan fingerprint density at radius 1 is 1.15 bits per heavy atom. The van der Waals surface area contributed by atoms with E-state index in [1.165, 1.54) is 33.3 Å². The molecule has 3 aromatic rings. The summed E-state index contributed by atoms with van der Waals surface area (Å²) in [5, 5.41) is 11.0. The quantitative estimate of drug-likeness (QED) is 0.591. The molecule has 34 heavy (non-hydrogen) atoms. The fraction of sp³-hybridized carbons (Fsp3) is 0.500. The molecule has 2 aliphatic heterocycles. The highest BCUT2D eigenvalue weighted by Crippen LogP contribution is 2.38. The molecule has 2 fully saturated rings. The highest BCUT2D eigenvalue weighted by atomic mass is 16.3. The largest absolute Gasteiger partial charge is 0.391 e. The molecule has 2 saturated heterocycles. The summed E-state index contributed by atoms with van der Waals surface area (Å²) in [5.74, 6) is 1.08. The van der Waals surface area contributed by atoms with Gasteiger partial charge in [0.15, 0.2) is 0 Å². The van der Waals surface area contributed by atoms with Crippen LogP contribution in [0.25, 0.3) is 22.2 Å². The maximum Gasteiger partial charge on any atom is 0.236 e. The van der Waals surface area contributed by atoms with Crippen molar-refractivity contribution in [3.05, 3.63) is 53.3 Å². The number of pyridine rings is 1. The highest BCUT2D eigenvalue weighted by Gasteiger charge is 2.28. The fourth-order valence-corrected chi connectivity index (χ4v) is 5.70. The van der Waals surface area contributed by atoms with Crippen LogP contribution in [0.5, 0.6) is 0 Å². The van der Waals surface area contributed by atoms with Crippen molar-refractivity contribution in [3.63, 3.8) is 0 Å². The number of rotatable bonds is 5. The summed E-state index contributed by atoms with van der Waals surface area (Å²) in [4.78, 5) is 24.7. The summed E-state index contributed by atoms with van der Waals surface area (Å²) < 4.78 is 0. The monoisotopic (exact) mass is 460 g/mol. The normalized spacial score (nSPS) is 20.0. The topological polar surface area (TPSA) is 72.5 Å². The molecule has 6 heteroatoms. The van der Waals surface area contributed by atoms with Crippen molar-refractivity contribution in [1.29, 1.82) is 0 Å². The number of aliphatic hydroxyl groups excluding tert-OH is 1. The second kappa shape index (κ2) is 9.51. The summed E-state index contributed by atoms with van der Waals surface area (Å²) in [6, 6.07) is 11.2. The lowest BCUT2D eigenvalue weighted by atomic mass is 9.87.